The van der Waals surface area contributed by atoms with E-state index in [2.05, 4.69) is 22.0 Å². The summed E-state index contributed by atoms with van der Waals surface area (Å²) in [6.07, 6.45) is 3.43. The Balaban J connectivity index is 1.28. The van der Waals surface area contributed by atoms with Crippen LogP contribution in [0.3, 0.4) is 0 Å². The van der Waals surface area contributed by atoms with E-state index in [0.717, 1.165) is 24.8 Å². The molecule has 34 heavy (non-hydrogen) atoms. The van der Waals surface area contributed by atoms with Gasteiger partial charge in [-0.3, -0.25) is 19.7 Å². The molecule has 1 saturated heterocycles. The summed E-state index contributed by atoms with van der Waals surface area (Å²) in [6.45, 7) is 0.0858. The molecular formula is C25H28N4O5. The summed E-state index contributed by atoms with van der Waals surface area (Å²) >= 11 is 0. The summed E-state index contributed by atoms with van der Waals surface area (Å²) in [4.78, 5) is 50.6. The lowest BCUT2D eigenvalue weighted by Crippen LogP contribution is -2.66. The first-order valence-electron chi connectivity index (χ1n) is 12.0. The van der Waals surface area contributed by atoms with Crippen LogP contribution in [0.2, 0.25) is 0 Å². The predicted molar refractivity (Wildman–Crippen MR) is 118 cm³/mol. The van der Waals surface area contributed by atoms with Crippen molar-refractivity contribution in [1.82, 2.24) is 16.0 Å². The van der Waals surface area contributed by atoms with Crippen LogP contribution in [0.25, 0.3) is 0 Å². The van der Waals surface area contributed by atoms with Crippen molar-refractivity contribution in [3.8, 4) is 6.07 Å². The van der Waals surface area contributed by atoms with Gasteiger partial charge in [0.15, 0.2) is 0 Å². The maximum atomic E-state index is 13.4. The van der Waals surface area contributed by atoms with Gasteiger partial charge in [-0.05, 0) is 43.1 Å². The number of carbonyl (C=O) groups is 4. The average Bonchev–Trinajstić information content (AvgIpc) is 3.61. The van der Waals surface area contributed by atoms with E-state index in [-0.39, 0.29) is 24.3 Å². The van der Waals surface area contributed by atoms with Crippen molar-refractivity contribution in [3.63, 3.8) is 0 Å². The van der Waals surface area contributed by atoms with Crippen molar-refractivity contribution in [2.45, 2.75) is 56.7 Å². The molecule has 6 atom stereocenters. The normalized spacial score (nSPS) is 32.2. The van der Waals surface area contributed by atoms with Crippen molar-refractivity contribution in [2.75, 3.05) is 0 Å². The summed E-state index contributed by atoms with van der Waals surface area (Å²) in [5.41, 5.74) is -0.401. The molecule has 4 aliphatic carbocycles. The van der Waals surface area contributed by atoms with E-state index in [1.54, 1.807) is 0 Å². The Morgan fingerprint density at radius 2 is 1.85 bits per heavy atom. The molecule has 0 spiro atoms. The number of hydrogen-bond donors (Lipinski definition) is 3. The number of imide groups is 1. The van der Waals surface area contributed by atoms with Gasteiger partial charge in [-0.1, -0.05) is 43.2 Å². The van der Waals surface area contributed by atoms with E-state index in [0.29, 0.717) is 25.2 Å². The second-order valence-corrected chi connectivity index (χ2v) is 10.1. The maximum absolute atomic E-state index is 13.4. The molecule has 1 aliphatic heterocycles. The van der Waals surface area contributed by atoms with E-state index in [9.17, 15) is 24.4 Å². The minimum atomic E-state index is -1.24. The number of rotatable bonds is 7. The number of alkyl carbamates (subject to hydrolysis) is 1. The van der Waals surface area contributed by atoms with Crippen LogP contribution in [0.15, 0.2) is 30.3 Å². The highest BCUT2D eigenvalue weighted by molar-refractivity contribution is 6.06. The zero-order valence-corrected chi connectivity index (χ0v) is 18.8. The number of carbonyl (C=O) groups excluding carboxylic acids is 4. The topological polar surface area (TPSA) is 137 Å². The molecule has 1 aromatic carbocycles. The summed E-state index contributed by atoms with van der Waals surface area (Å²) in [6, 6.07) is 10.7. The largest absolute Gasteiger partial charge is 0.445 e. The van der Waals surface area contributed by atoms with Crippen molar-refractivity contribution < 1.29 is 23.9 Å². The van der Waals surface area contributed by atoms with Gasteiger partial charge in [0, 0.05) is 5.92 Å². The molecule has 4 amide bonds. The molecule has 0 unspecified atom stereocenters. The van der Waals surface area contributed by atoms with Crippen molar-refractivity contribution in [2.24, 2.45) is 29.6 Å². The van der Waals surface area contributed by atoms with E-state index in [1.807, 2.05) is 30.3 Å². The van der Waals surface area contributed by atoms with E-state index >= 15 is 0 Å². The predicted octanol–water partition coefficient (Wildman–Crippen LogP) is 1.78. The fraction of sp³-hybridized carbons (Fsp3) is 0.560. The highest BCUT2D eigenvalue weighted by Gasteiger charge is 2.64. The van der Waals surface area contributed by atoms with Gasteiger partial charge in [0.05, 0.1) is 17.9 Å². The van der Waals surface area contributed by atoms with Crippen LogP contribution in [0, 0.1) is 40.9 Å². The van der Waals surface area contributed by atoms with E-state index in [1.165, 1.54) is 0 Å². The minimum Gasteiger partial charge on any atom is -0.445 e. The number of hydrogen-bond acceptors (Lipinski definition) is 6. The maximum Gasteiger partial charge on any atom is 0.408 e. The van der Waals surface area contributed by atoms with Gasteiger partial charge < -0.3 is 15.4 Å². The molecule has 0 aromatic heterocycles. The molecule has 0 radical (unpaired) electrons. The van der Waals surface area contributed by atoms with Gasteiger partial charge in [0.25, 0.3) is 0 Å². The summed E-state index contributed by atoms with van der Waals surface area (Å²) in [5.74, 6) is -2.30. The number of nitrogens with one attached hydrogen (secondary N) is 3. The third-order valence-corrected chi connectivity index (χ3v) is 7.88. The molecule has 5 fully saturated rings. The smallest absolute Gasteiger partial charge is 0.408 e. The SMILES string of the molecule is N#C[C@@]1(NC(=O)[C@H](CC2CC2)NC(=O)OCc2ccccc2)C[C@@H]2CC[C@H]1[C@@H]1C(=O)NC(=O)[C@H]21. The van der Waals surface area contributed by atoms with Crippen molar-refractivity contribution in [1.29, 1.82) is 5.26 Å². The molecule has 5 aliphatic rings. The second-order valence-electron chi connectivity index (χ2n) is 10.1. The highest BCUT2D eigenvalue weighted by Crippen LogP contribution is 2.55. The van der Waals surface area contributed by atoms with Crippen LogP contribution in [0.4, 0.5) is 4.79 Å². The first kappa shape index (κ1) is 22.4. The molecule has 178 valence electrons. The third-order valence-electron chi connectivity index (χ3n) is 7.88. The third kappa shape index (κ3) is 4.13. The number of amides is 4. The first-order chi connectivity index (χ1) is 16.4. The standard InChI is InChI=1S/C25H28N4O5/c26-13-25(11-16-8-9-17(25)20-19(16)22(31)28-23(20)32)29-21(30)18(10-14-6-7-14)27-24(33)34-12-15-4-2-1-3-5-15/h1-5,14,16-20H,6-12H2,(H,27,33)(H,29,30)(H,28,31,32)/t16-,17-,18-,19+,20-,25-/m0/s1. The lowest BCUT2D eigenvalue weighted by molar-refractivity contribution is -0.137. The van der Waals surface area contributed by atoms with Gasteiger partial charge in [-0.25, -0.2) is 4.79 Å². The summed E-state index contributed by atoms with van der Waals surface area (Å²) in [5, 5.41) is 18.2. The fourth-order valence-electron chi connectivity index (χ4n) is 6.09. The number of nitrogens with zero attached hydrogens (tertiary/aromatic N) is 1. The van der Waals surface area contributed by atoms with Crippen LogP contribution in [-0.4, -0.2) is 35.4 Å². The van der Waals surface area contributed by atoms with E-state index < -0.39 is 41.3 Å². The van der Waals surface area contributed by atoms with Crippen LogP contribution < -0.4 is 16.0 Å². The molecule has 9 heteroatoms. The Kier molecular flexibility index (Phi) is 5.76. The van der Waals surface area contributed by atoms with Gasteiger partial charge >= 0.3 is 6.09 Å². The van der Waals surface area contributed by atoms with Gasteiger partial charge in [-0.15, -0.1) is 0 Å². The molecule has 4 saturated carbocycles. The molecule has 2 bridgehead atoms. The monoisotopic (exact) mass is 464 g/mol. The molecule has 3 N–H and O–H groups in total. The number of benzene rings is 1. The molecular weight excluding hydrogens is 436 g/mol. The summed E-state index contributed by atoms with van der Waals surface area (Å²) < 4.78 is 5.30. The summed E-state index contributed by atoms with van der Waals surface area (Å²) in [7, 11) is 0. The Labute approximate surface area is 197 Å². The van der Waals surface area contributed by atoms with Crippen molar-refractivity contribution >= 4 is 23.8 Å². The zero-order chi connectivity index (χ0) is 23.9. The Morgan fingerprint density at radius 3 is 2.56 bits per heavy atom. The van der Waals surface area contributed by atoms with Crippen LogP contribution in [0.1, 0.15) is 44.1 Å². The second kappa shape index (κ2) is 8.75. The van der Waals surface area contributed by atoms with Gasteiger partial charge in [-0.2, -0.15) is 5.26 Å². The molecule has 1 aromatic rings. The molecule has 6 rings (SSSR count). The fourth-order valence-corrected chi connectivity index (χ4v) is 6.09. The first-order valence-corrected chi connectivity index (χ1v) is 12.0. The zero-order valence-electron chi connectivity index (χ0n) is 18.8. The van der Waals surface area contributed by atoms with Crippen LogP contribution in [-0.2, 0) is 25.7 Å². The van der Waals surface area contributed by atoms with Gasteiger partial charge in [0.2, 0.25) is 17.7 Å². The molecule has 9 nitrogen and oxygen atoms in total. The molecule has 1 heterocycles. The van der Waals surface area contributed by atoms with E-state index in [4.69, 9.17) is 4.74 Å². The quantitative estimate of drug-likeness (QED) is 0.526. The van der Waals surface area contributed by atoms with Gasteiger partial charge in [0.1, 0.15) is 18.2 Å². The Hall–Kier alpha value is -3.41. The van der Waals surface area contributed by atoms with Crippen LogP contribution >= 0.6 is 0 Å². The number of fused-ring (bicyclic) bond motifs is 2. The Bertz CT molecular complexity index is 1050. The van der Waals surface area contributed by atoms with Crippen LogP contribution in [0.5, 0.6) is 0 Å². The Morgan fingerprint density at radius 1 is 1.12 bits per heavy atom. The average molecular weight is 465 g/mol. The minimum absolute atomic E-state index is 0.0858. The van der Waals surface area contributed by atoms with Crippen molar-refractivity contribution in [3.05, 3.63) is 35.9 Å². The lowest BCUT2D eigenvalue weighted by atomic mass is 9.52. The number of ether oxygens (including phenoxy) is 1. The number of nitriles is 1. The highest BCUT2D eigenvalue weighted by atomic mass is 16.5. The lowest BCUT2D eigenvalue weighted by Gasteiger charge is -2.52.